The Morgan fingerprint density at radius 1 is 1.15 bits per heavy atom. The minimum absolute atomic E-state index is 0.138. The molecule has 1 amide bonds. The molecule has 0 bridgehead atoms. The number of carbonyl (C=O) groups is 1. The van der Waals surface area contributed by atoms with Gasteiger partial charge >= 0.3 is 0 Å². The molecule has 0 saturated carbocycles. The molecule has 0 atom stereocenters. The van der Waals surface area contributed by atoms with Crippen molar-refractivity contribution in [2.45, 2.75) is 13.3 Å². The van der Waals surface area contributed by atoms with Crippen LogP contribution in [0.3, 0.4) is 0 Å². The molecule has 7 nitrogen and oxygen atoms in total. The molecule has 0 radical (unpaired) electrons. The summed E-state index contributed by atoms with van der Waals surface area (Å²) in [6.07, 6.45) is 7.13. The summed E-state index contributed by atoms with van der Waals surface area (Å²) in [6, 6.07) is 9.33. The number of nitrogens with one attached hydrogen (secondary N) is 1. The van der Waals surface area contributed by atoms with E-state index in [-0.39, 0.29) is 12.3 Å². The molecule has 4 aromatic rings. The third-order valence-electron chi connectivity index (χ3n) is 3.88. The summed E-state index contributed by atoms with van der Waals surface area (Å²) < 4.78 is 1.88. The number of rotatable bonds is 5. The van der Waals surface area contributed by atoms with Crippen LogP contribution in [0, 0.1) is 6.92 Å². The summed E-state index contributed by atoms with van der Waals surface area (Å²) in [5.74, 6) is 1.47. The van der Waals surface area contributed by atoms with Gasteiger partial charge in [0, 0.05) is 24.0 Å². The van der Waals surface area contributed by atoms with Crippen LogP contribution in [0.1, 0.15) is 11.5 Å². The first-order valence-corrected chi connectivity index (χ1v) is 9.19. The molecule has 0 spiro atoms. The Hall–Kier alpha value is -3.39. The van der Waals surface area contributed by atoms with Crippen LogP contribution in [0.2, 0.25) is 0 Å². The number of thiazole rings is 1. The van der Waals surface area contributed by atoms with Crippen LogP contribution in [-0.4, -0.2) is 30.4 Å². The highest BCUT2D eigenvalue weighted by atomic mass is 32.1. The number of pyridine rings is 2. The van der Waals surface area contributed by atoms with E-state index in [2.05, 4.69) is 25.3 Å². The molecule has 4 rings (SSSR count). The van der Waals surface area contributed by atoms with Crippen LogP contribution in [0.5, 0.6) is 0 Å². The van der Waals surface area contributed by atoms with Crippen molar-refractivity contribution in [3.63, 3.8) is 0 Å². The zero-order valence-corrected chi connectivity index (χ0v) is 15.3. The molecule has 0 saturated heterocycles. The van der Waals surface area contributed by atoms with Gasteiger partial charge in [-0.25, -0.2) is 15.0 Å². The maximum absolute atomic E-state index is 12.3. The Labute approximate surface area is 159 Å². The van der Waals surface area contributed by atoms with Gasteiger partial charge in [-0.2, -0.15) is 0 Å². The molecule has 1 N–H and O–H groups in total. The number of amides is 1. The van der Waals surface area contributed by atoms with Gasteiger partial charge < -0.3 is 5.32 Å². The summed E-state index contributed by atoms with van der Waals surface area (Å²) in [5.41, 5.74) is 2.17. The Morgan fingerprint density at radius 2 is 2.07 bits per heavy atom. The van der Waals surface area contributed by atoms with Gasteiger partial charge in [0.25, 0.3) is 0 Å². The molecule has 8 heteroatoms. The largest absolute Gasteiger partial charge is 0.324 e. The van der Waals surface area contributed by atoms with Crippen LogP contribution >= 0.6 is 11.3 Å². The number of carbonyl (C=O) groups excluding carboxylic acids is 1. The van der Waals surface area contributed by atoms with Crippen LogP contribution in [-0.2, 0) is 11.2 Å². The maximum atomic E-state index is 12.3. The van der Waals surface area contributed by atoms with Crippen LogP contribution in [0.15, 0.2) is 60.5 Å². The lowest BCUT2D eigenvalue weighted by Crippen LogP contribution is -2.15. The van der Waals surface area contributed by atoms with Gasteiger partial charge in [0.1, 0.15) is 16.6 Å². The fraction of sp³-hybridized carbons (Fsp3) is 0.105. The second kappa shape index (κ2) is 7.46. The van der Waals surface area contributed by atoms with Crippen molar-refractivity contribution in [1.82, 2.24) is 24.5 Å². The van der Waals surface area contributed by atoms with Crippen LogP contribution in [0.4, 0.5) is 5.69 Å². The van der Waals surface area contributed by atoms with E-state index in [1.807, 2.05) is 53.4 Å². The summed E-state index contributed by atoms with van der Waals surface area (Å²) in [4.78, 5) is 29.6. The Morgan fingerprint density at radius 3 is 2.78 bits per heavy atom. The average molecular weight is 376 g/mol. The van der Waals surface area contributed by atoms with E-state index in [1.54, 1.807) is 18.6 Å². The summed E-state index contributed by atoms with van der Waals surface area (Å²) >= 11 is 1.48. The first kappa shape index (κ1) is 17.0. The first-order valence-electron chi connectivity index (χ1n) is 8.31. The van der Waals surface area contributed by atoms with Gasteiger partial charge in [0.05, 0.1) is 29.7 Å². The van der Waals surface area contributed by atoms with Crippen molar-refractivity contribution >= 4 is 22.9 Å². The topological polar surface area (TPSA) is 85.6 Å². The maximum Gasteiger partial charge on any atom is 0.230 e. The monoisotopic (exact) mass is 376 g/mol. The molecule has 134 valence electrons. The van der Waals surface area contributed by atoms with Gasteiger partial charge in [-0.05, 0) is 31.2 Å². The highest BCUT2D eigenvalue weighted by Gasteiger charge is 2.10. The molecule has 0 unspecified atom stereocenters. The normalized spacial score (nSPS) is 10.7. The highest BCUT2D eigenvalue weighted by Crippen LogP contribution is 2.21. The number of imidazole rings is 1. The zero-order valence-electron chi connectivity index (χ0n) is 14.5. The van der Waals surface area contributed by atoms with Crippen molar-refractivity contribution in [3.05, 3.63) is 72.0 Å². The molecular formula is C19H16N6OS. The quantitative estimate of drug-likeness (QED) is 0.578. The van der Waals surface area contributed by atoms with Crippen molar-refractivity contribution in [2.24, 2.45) is 0 Å². The van der Waals surface area contributed by atoms with Crippen LogP contribution in [0.25, 0.3) is 16.5 Å². The summed E-state index contributed by atoms with van der Waals surface area (Å²) in [5, 5.41) is 5.54. The second-order valence-electron chi connectivity index (χ2n) is 5.83. The smallest absolute Gasteiger partial charge is 0.230 e. The summed E-state index contributed by atoms with van der Waals surface area (Å²) in [7, 11) is 0. The minimum atomic E-state index is -0.138. The van der Waals surface area contributed by atoms with E-state index in [1.165, 1.54) is 11.3 Å². The fourth-order valence-electron chi connectivity index (χ4n) is 2.59. The van der Waals surface area contributed by atoms with E-state index in [4.69, 9.17) is 0 Å². The van der Waals surface area contributed by atoms with E-state index >= 15 is 0 Å². The van der Waals surface area contributed by atoms with E-state index in [9.17, 15) is 4.79 Å². The molecule has 4 heterocycles. The zero-order chi connectivity index (χ0) is 18.6. The molecule has 0 aliphatic carbocycles. The fourth-order valence-corrected chi connectivity index (χ4v) is 3.38. The van der Waals surface area contributed by atoms with Crippen LogP contribution < -0.4 is 5.32 Å². The third-order valence-corrected chi connectivity index (χ3v) is 4.80. The first-order chi connectivity index (χ1) is 13.2. The number of hydrogen-bond acceptors (Lipinski definition) is 6. The van der Waals surface area contributed by atoms with Gasteiger partial charge in [-0.1, -0.05) is 6.07 Å². The second-order valence-corrected chi connectivity index (χ2v) is 6.69. The lowest BCUT2D eigenvalue weighted by Gasteiger charge is -2.07. The minimum Gasteiger partial charge on any atom is -0.324 e. The van der Waals surface area contributed by atoms with Gasteiger partial charge in [0.2, 0.25) is 5.91 Å². The van der Waals surface area contributed by atoms with Gasteiger partial charge in [-0.15, -0.1) is 11.3 Å². The molecule has 0 aliphatic rings. The van der Waals surface area contributed by atoms with Crippen molar-refractivity contribution in [3.8, 4) is 16.5 Å². The standard InChI is InChI=1S/C19H16N6OS/c1-13-20-8-9-25(13)17-6-5-14(11-22-17)23-18(26)10-15-12-27-19(24-15)16-4-2-3-7-21-16/h2-9,11-12H,10H2,1H3,(H,23,26). The molecule has 0 aliphatic heterocycles. The van der Waals surface area contributed by atoms with E-state index in [0.29, 0.717) is 5.69 Å². The molecule has 0 aromatic carbocycles. The predicted octanol–water partition coefficient (Wildman–Crippen LogP) is 3.28. The lowest BCUT2D eigenvalue weighted by molar-refractivity contribution is -0.115. The predicted molar refractivity (Wildman–Crippen MR) is 104 cm³/mol. The molecule has 4 aromatic heterocycles. The highest BCUT2D eigenvalue weighted by molar-refractivity contribution is 7.13. The lowest BCUT2D eigenvalue weighted by atomic mass is 10.3. The van der Waals surface area contributed by atoms with Gasteiger partial charge in [0.15, 0.2) is 0 Å². The van der Waals surface area contributed by atoms with Crippen molar-refractivity contribution < 1.29 is 4.79 Å². The molecule has 27 heavy (non-hydrogen) atoms. The number of nitrogens with zero attached hydrogens (tertiary/aromatic N) is 5. The number of anilines is 1. The number of aryl methyl sites for hydroxylation is 1. The Bertz CT molecular complexity index is 1060. The van der Waals surface area contributed by atoms with Gasteiger partial charge in [-0.3, -0.25) is 14.3 Å². The molecule has 0 fully saturated rings. The third kappa shape index (κ3) is 3.90. The van der Waals surface area contributed by atoms with Crippen molar-refractivity contribution in [1.29, 1.82) is 0 Å². The van der Waals surface area contributed by atoms with Crippen molar-refractivity contribution in [2.75, 3.05) is 5.32 Å². The Balaban J connectivity index is 1.40. The average Bonchev–Trinajstić information content (AvgIpc) is 3.32. The molecular weight excluding hydrogens is 360 g/mol. The SMILES string of the molecule is Cc1nccn1-c1ccc(NC(=O)Cc2csc(-c3ccccn3)n2)cn1. The number of hydrogen-bond donors (Lipinski definition) is 1. The summed E-state index contributed by atoms with van der Waals surface area (Å²) in [6.45, 7) is 1.91. The Kier molecular flexibility index (Phi) is 4.71. The van der Waals surface area contributed by atoms with E-state index < -0.39 is 0 Å². The van der Waals surface area contributed by atoms with E-state index in [0.717, 1.165) is 28.0 Å². The number of aromatic nitrogens is 5.